The number of nitrogens with zero attached hydrogens (tertiary/aromatic N) is 1. The minimum absolute atomic E-state index is 0.0312. The van der Waals surface area contributed by atoms with E-state index in [1.807, 2.05) is 18.2 Å². The molecule has 2 aromatic rings. The standard InChI is InChI=1S/C24H27N3O4/c1-15(26-22(29)17-10-12-19(13-11-17)24(3,4)5)23(30)31-16(2)21(28)27-20-9-7-6-8-18(20)14-25/h6-13,15-16H,1-5H3,(H,26,29)(H,27,28)/t15-,16-/m0/s1. The third kappa shape index (κ3) is 6.41. The van der Waals surface area contributed by atoms with Crippen LogP contribution in [0.4, 0.5) is 5.69 Å². The van der Waals surface area contributed by atoms with E-state index in [0.29, 0.717) is 16.8 Å². The van der Waals surface area contributed by atoms with E-state index in [2.05, 4.69) is 31.4 Å². The number of nitriles is 1. The molecule has 2 aromatic carbocycles. The molecule has 0 aliphatic rings. The van der Waals surface area contributed by atoms with Gasteiger partial charge in [-0.05, 0) is 49.1 Å². The Bertz CT molecular complexity index is 1000. The molecule has 2 rings (SSSR count). The van der Waals surface area contributed by atoms with Crippen molar-refractivity contribution in [1.29, 1.82) is 5.26 Å². The van der Waals surface area contributed by atoms with Gasteiger partial charge in [0.05, 0.1) is 11.3 Å². The molecule has 0 aliphatic carbocycles. The Hall–Kier alpha value is -3.66. The molecular weight excluding hydrogens is 394 g/mol. The van der Waals surface area contributed by atoms with Crippen LogP contribution < -0.4 is 10.6 Å². The number of carbonyl (C=O) groups is 3. The van der Waals surface area contributed by atoms with E-state index in [1.165, 1.54) is 13.8 Å². The van der Waals surface area contributed by atoms with Crippen LogP contribution in [0.1, 0.15) is 56.1 Å². The Labute approximate surface area is 182 Å². The quantitative estimate of drug-likeness (QED) is 0.694. The molecule has 7 heteroatoms. The van der Waals surface area contributed by atoms with Crippen LogP contribution in [0.25, 0.3) is 0 Å². The normalized spacial score (nSPS) is 12.8. The monoisotopic (exact) mass is 421 g/mol. The highest BCUT2D eigenvalue weighted by Gasteiger charge is 2.24. The van der Waals surface area contributed by atoms with Crippen molar-refractivity contribution in [3.05, 3.63) is 65.2 Å². The fraction of sp³-hybridized carbons (Fsp3) is 0.333. The van der Waals surface area contributed by atoms with Gasteiger partial charge in [0.1, 0.15) is 12.1 Å². The lowest BCUT2D eigenvalue weighted by Gasteiger charge is -2.20. The lowest BCUT2D eigenvalue weighted by atomic mass is 9.86. The van der Waals surface area contributed by atoms with E-state index in [9.17, 15) is 14.4 Å². The maximum Gasteiger partial charge on any atom is 0.329 e. The zero-order chi connectivity index (χ0) is 23.2. The van der Waals surface area contributed by atoms with Gasteiger partial charge in [0, 0.05) is 5.56 Å². The van der Waals surface area contributed by atoms with Gasteiger partial charge in [-0.2, -0.15) is 5.26 Å². The molecule has 2 N–H and O–H groups in total. The fourth-order valence-electron chi connectivity index (χ4n) is 2.71. The van der Waals surface area contributed by atoms with Crippen molar-refractivity contribution in [2.24, 2.45) is 0 Å². The van der Waals surface area contributed by atoms with Crippen molar-refractivity contribution in [2.45, 2.75) is 52.2 Å². The molecule has 2 atom stereocenters. The maximum absolute atomic E-state index is 12.4. The second-order valence-corrected chi connectivity index (χ2v) is 8.25. The Kier molecular flexibility index (Phi) is 7.54. The molecule has 0 aliphatic heterocycles. The number of hydrogen-bond donors (Lipinski definition) is 2. The maximum atomic E-state index is 12.4. The van der Waals surface area contributed by atoms with Crippen LogP contribution in [0, 0.1) is 11.3 Å². The minimum Gasteiger partial charge on any atom is -0.451 e. The number of carbonyl (C=O) groups excluding carboxylic acids is 3. The molecule has 0 saturated heterocycles. The van der Waals surface area contributed by atoms with E-state index in [4.69, 9.17) is 10.00 Å². The zero-order valence-electron chi connectivity index (χ0n) is 18.4. The SMILES string of the molecule is C[C@H](NC(=O)c1ccc(C(C)(C)C)cc1)C(=O)O[C@@H](C)C(=O)Nc1ccccc1C#N. The number of anilines is 1. The summed E-state index contributed by atoms with van der Waals surface area (Å²) in [4.78, 5) is 37.0. The number of para-hydroxylation sites is 1. The first-order valence-corrected chi connectivity index (χ1v) is 9.95. The summed E-state index contributed by atoms with van der Waals surface area (Å²) in [6, 6.07) is 14.7. The third-order valence-corrected chi connectivity index (χ3v) is 4.68. The van der Waals surface area contributed by atoms with Crippen LogP contribution in [0.3, 0.4) is 0 Å². The highest BCUT2D eigenvalue weighted by molar-refractivity contribution is 5.98. The minimum atomic E-state index is -1.11. The van der Waals surface area contributed by atoms with Gasteiger partial charge in [0.2, 0.25) is 0 Å². The van der Waals surface area contributed by atoms with E-state index >= 15 is 0 Å². The Morgan fingerprint density at radius 2 is 1.61 bits per heavy atom. The number of amides is 2. The first kappa shape index (κ1) is 23.6. The number of nitrogens with one attached hydrogen (secondary N) is 2. The van der Waals surface area contributed by atoms with E-state index in [0.717, 1.165) is 5.56 Å². The predicted octanol–water partition coefficient (Wildman–Crippen LogP) is 3.54. The number of benzene rings is 2. The highest BCUT2D eigenvalue weighted by Crippen LogP contribution is 2.22. The van der Waals surface area contributed by atoms with Crippen LogP contribution in [0.2, 0.25) is 0 Å². The van der Waals surface area contributed by atoms with Crippen LogP contribution in [0.15, 0.2) is 48.5 Å². The summed E-state index contributed by atoms with van der Waals surface area (Å²) in [5.41, 5.74) is 2.11. The first-order valence-electron chi connectivity index (χ1n) is 9.95. The first-order chi connectivity index (χ1) is 14.5. The average Bonchev–Trinajstić information content (AvgIpc) is 2.73. The van der Waals surface area contributed by atoms with E-state index < -0.39 is 29.9 Å². The molecule has 0 bridgehead atoms. The van der Waals surface area contributed by atoms with Crippen LogP contribution in [-0.2, 0) is 19.7 Å². The number of ether oxygens (including phenoxy) is 1. The molecule has 0 aromatic heterocycles. The Morgan fingerprint density at radius 3 is 2.19 bits per heavy atom. The molecule has 0 radical (unpaired) electrons. The van der Waals surface area contributed by atoms with Crippen molar-refractivity contribution < 1.29 is 19.1 Å². The lowest BCUT2D eigenvalue weighted by Crippen LogP contribution is -2.42. The summed E-state index contributed by atoms with van der Waals surface area (Å²) in [5, 5.41) is 14.2. The molecule has 0 heterocycles. The van der Waals surface area contributed by atoms with Crippen LogP contribution in [-0.4, -0.2) is 29.9 Å². The molecule has 0 spiro atoms. The lowest BCUT2D eigenvalue weighted by molar-refractivity contribution is -0.154. The molecule has 31 heavy (non-hydrogen) atoms. The highest BCUT2D eigenvalue weighted by atomic mass is 16.5. The number of esters is 1. The molecular formula is C24H27N3O4. The topological polar surface area (TPSA) is 108 Å². The second kappa shape index (κ2) is 9.90. The predicted molar refractivity (Wildman–Crippen MR) is 117 cm³/mol. The summed E-state index contributed by atoms with van der Waals surface area (Å²) < 4.78 is 5.17. The van der Waals surface area contributed by atoms with E-state index in [-0.39, 0.29) is 5.41 Å². The van der Waals surface area contributed by atoms with Gasteiger partial charge in [0.15, 0.2) is 6.10 Å². The number of hydrogen-bond acceptors (Lipinski definition) is 5. The smallest absolute Gasteiger partial charge is 0.329 e. The second-order valence-electron chi connectivity index (χ2n) is 8.25. The van der Waals surface area contributed by atoms with Gasteiger partial charge >= 0.3 is 5.97 Å². The van der Waals surface area contributed by atoms with Crippen LogP contribution in [0.5, 0.6) is 0 Å². The fourth-order valence-corrected chi connectivity index (χ4v) is 2.71. The largest absolute Gasteiger partial charge is 0.451 e. The summed E-state index contributed by atoms with van der Waals surface area (Å²) in [6.07, 6.45) is -1.11. The third-order valence-electron chi connectivity index (χ3n) is 4.68. The van der Waals surface area contributed by atoms with Crippen LogP contribution >= 0.6 is 0 Å². The van der Waals surface area contributed by atoms with Crippen molar-refractivity contribution in [3.8, 4) is 6.07 Å². The summed E-state index contributed by atoms with van der Waals surface area (Å²) >= 11 is 0. The molecule has 0 unspecified atom stereocenters. The molecule has 7 nitrogen and oxygen atoms in total. The molecule has 0 fully saturated rings. The molecule has 2 amide bonds. The summed E-state index contributed by atoms with van der Waals surface area (Å²) in [6.45, 7) is 9.14. The van der Waals surface area contributed by atoms with Crippen molar-refractivity contribution in [3.63, 3.8) is 0 Å². The number of rotatable bonds is 6. The van der Waals surface area contributed by atoms with Crippen molar-refractivity contribution in [2.75, 3.05) is 5.32 Å². The van der Waals surface area contributed by atoms with Gasteiger partial charge in [0.25, 0.3) is 11.8 Å². The van der Waals surface area contributed by atoms with Crippen molar-refractivity contribution in [1.82, 2.24) is 5.32 Å². The van der Waals surface area contributed by atoms with Gasteiger partial charge in [-0.15, -0.1) is 0 Å². The molecule has 0 saturated carbocycles. The molecule has 162 valence electrons. The Balaban J connectivity index is 1.93. The summed E-state index contributed by atoms with van der Waals surface area (Å²) in [5.74, 6) is -1.73. The zero-order valence-corrected chi connectivity index (χ0v) is 18.4. The Morgan fingerprint density at radius 1 is 1.00 bits per heavy atom. The van der Waals surface area contributed by atoms with Gasteiger partial charge in [-0.3, -0.25) is 9.59 Å². The average molecular weight is 421 g/mol. The van der Waals surface area contributed by atoms with E-state index in [1.54, 1.807) is 36.4 Å². The van der Waals surface area contributed by atoms with Gasteiger partial charge in [-0.1, -0.05) is 45.0 Å². The summed E-state index contributed by atoms with van der Waals surface area (Å²) in [7, 11) is 0. The van der Waals surface area contributed by atoms with Crippen molar-refractivity contribution >= 4 is 23.5 Å². The van der Waals surface area contributed by atoms with Gasteiger partial charge in [-0.25, -0.2) is 4.79 Å². The van der Waals surface area contributed by atoms with Gasteiger partial charge < -0.3 is 15.4 Å².